The zero-order valence-corrected chi connectivity index (χ0v) is 17.7. The molecule has 9 heteroatoms. The number of anilines is 3. The highest BCUT2D eigenvalue weighted by molar-refractivity contribution is 7.99. The Morgan fingerprint density at radius 1 is 1.21 bits per heavy atom. The van der Waals surface area contributed by atoms with E-state index in [4.69, 9.17) is 10.5 Å². The summed E-state index contributed by atoms with van der Waals surface area (Å²) in [5, 5.41) is 6.24. The van der Waals surface area contributed by atoms with Crippen molar-refractivity contribution in [1.82, 2.24) is 20.3 Å². The van der Waals surface area contributed by atoms with Crippen molar-refractivity contribution in [1.29, 1.82) is 0 Å². The van der Waals surface area contributed by atoms with E-state index in [0.717, 1.165) is 24.4 Å². The summed E-state index contributed by atoms with van der Waals surface area (Å²) < 4.78 is 5.32. The van der Waals surface area contributed by atoms with Crippen LogP contribution in [0.5, 0.6) is 5.75 Å². The molecule has 0 spiro atoms. The van der Waals surface area contributed by atoms with Gasteiger partial charge in [0.25, 0.3) is 0 Å². The van der Waals surface area contributed by atoms with Crippen LogP contribution in [0.15, 0.2) is 24.3 Å². The van der Waals surface area contributed by atoms with Crippen LogP contribution in [0.4, 0.5) is 17.6 Å². The molecule has 4 N–H and O–H groups in total. The van der Waals surface area contributed by atoms with Crippen LogP contribution in [0.1, 0.15) is 38.4 Å². The summed E-state index contributed by atoms with van der Waals surface area (Å²) in [6, 6.07) is 7.78. The third-order valence-electron chi connectivity index (χ3n) is 4.90. The van der Waals surface area contributed by atoms with E-state index in [1.807, 2.05) is 24.3 Å². The number of nitrogen functional groups attached to an aromatic ring is 1. The molecule has 1 heterocycles. The number of carbonyl (C=O) groups excluding carboxylic acids is 1. The molecule has 1 aliphatic carbocycles. The monoisotopic (exact) mass is 416 g/mol. The summed E-state index contributed by atoms with van der Waals surface area (Å²) in [5.41, 5.74) is 6.56. The van der Waals surface area contributed by atoms with Crippen molar-refractivity contribution >= 4 is 35.3 Å². The molecule has 1 aliphatic rings. The number of hydrogen-bond donors (Lipinski definition) is 3. The molecular formula is C20H28N6O2S. The smallest absolute Gasteiger partial charge is 0.232 e. The first kappa shape index (κ1) is 21.2. The van der Waals surface area contributed by atoms with Gasteiger partial charge in [0.2, 0.25) is 17.8 Å². The number of thioether (sulfide) groups is 1. The summed E-state index contributed by atoms with van der Waals surface area (Å²) in [6.07, 6.45) is 4.51. The molecule has 1 aromatic heterocycles. The van der Waals surface area contributed by atoms with Gasteiger partial charge in [0.15, 0.2) is 0 Å². The number of nitrogens with one attached hydrogen (secondary N) is 2. The van der Waals surface area contributed by atoms with Crippen LogP contribution in [0.3, 0.4) is 0 Å². The summed E-state index contributed by atoms with van der Waals surface area (Å²) >= 11 is 1.46. The van der Waals surface area contributed by atoms with E-state index < -0.39 is 0 Å². The maximum atomic E-state index is 12.2. The number of benzene rings is 1. The lowest BCUT2D eigenvalue weighted by molar-refractivity contribution is -0.119. The molecular weight excluding hydrogens is 388 g/mol. The summed E-state index contributed by atoms with van der Waals surface area (Å²) in [6.45, 7) is 2.27. The van der Waals surface area contributed by atoms with Crippen molar-refractivity contribution in [2.24, 2.45) is 5.92 Å². The Balaban J connectivity index is 1.51. The van der Waals surface area contributed by atoms with Crippen LogP contribution < -0.4 is 21.1 Å². The van der Waals surface area contributed by atoms with E-state index in [1.165, 1.54) is 24.6 Å². The van der Waals surface area contributed by atoms with Crippen molar-refractivity contribution in [2.45, 2.75) is 44.4 Å². The number of aromatic nitrogens is 3. The van der Waals surface area contributed by atoms with Crippen molar-refractivity contribution < 1.29 is 9.53 Å². The van der Waals surface area contributed by atoms with Gasteiger partial charge >= 0.3 is 0 Å². The highest BCUT2D eigenvalue weighted by Crippen LogP contribution is 2.26. The summed E-state index contributed by atoms with van der Waals surface area (Å²) in [4.78, 5) is 24.9. The molecule has 0 saturated heterocycles. The Hall–Kier alpha value is -2.55. The highest BCUT2D eigenvalue weighted by Gasteiger charge is 2.19. The predicted octanol–water partition coefficient (Wildman–Crippen LogP) is 3.13. The maximum Gasteiger partial charge on any atom is 0.232 e. The third-order valence-corrected chi connectivity index (χ3v) is 5.83. The lowest BCUT2D eigenvalue weighted by Gasteiger charge is -2.26. The minimum absolute atomic E-state index is 0.0592. The van der Waals surface area contributed by atoms with Crippen LogP contribution in [-0.2, 0) is 10.5 Å². The standard InChI is InChI=1S/C20H28N6O2S/c1-13-7-9-14(10-8-13)22-18(27)12-29-11-17-24-19(21)26-20(25-17)23-15-5-3-4-6-16(15)28-2/h3-6,13-14H,7-12H2,1-2H3,(H,22,27)(H3,21,23,24,25,26). The number of carbonyl (C=O) groups is 1. The van der Waals surface area contributed by atoms with Crippen molar-refractivity contribution in [3.63, 3.8) is 0 Å². The second-order valence-corrected chi connectivity index (χ2v) is 8.26. The fraction of sp³-hybridized carbons (Fsp3) is 0.500. The first-order chi connectivity index (χ1) is 14.0. The van der Waals surface area contributed by atoms with Gasteiger partial charge in [0.1, 0.15) is 11.6 Å². The highest BCUT2D eigenvalue weighted by atomic mass is 32.2. The Labute approximate surface area is 175 Å². The van der Waals surface area contributed by atoms with Gasteiger partial charge in [-0.3, -0.25) is 4.79 Å². The van der Waals surface area contributed by atoms with E-state index in [9.17, 15) is 4.79 Å². The second-order valence-electron chi connectivity index (χ2n) is 7.28. The van der Waals surface area contributed by atoms with E-state index >= 15 is 0 Å². The average molecular weight is 417 g/mol. The number of rotatable bonds is 8. The Kier molecular flexibility index (Phi) is 7.51. The first-order valence-electron chi connectivity index (χ1n) is 9.81. The normalized spacial score (nSPS) is 18.8. The molecule has 3 rings (SSSR count). The molecule has 0 radical (unpaired) electrons. The Bertz CT molecular complexity index is 826. The minimum atomic E-state index is 0.0592. The van der Waals surface area contributed by atoms with Gasteiger partial charge in [-0.15, -0.1) is 11.8 Å². The predicted molar refractivity (Wildman–Crippen MR) is 116 cm³/mol. The molecule has 8 nitrogen and oxygen atoms in total. The molecule has 1 fully saturated rings. The topological polar surface area (TPSA) is 115 Å². The van der Waals surface area contributed by atoms with E-state index in [0.29, 0.717) is 35.1 Å². The van der Waals surface area contributed by atoms with Gasteiger partial charge < -0.3 is 21.1 Å². The minimum Gasteiger partial charge on any atom is -0.495 e. The molecule has 2 aromatic rings. The molecule has 1 saturated carbocycles. The molecule has 29 heavy (non-hydrogen) atoms. The molecule has 0 unspecified atom stereocenters. The fourth-order valence-electron chi connectivity index (χ4n) is 3.34. The number of ether oxygens (including phenoxy) is 1. The lowest BCUT2D eigenvalue weighted by atomic mass is 9.87. The average Bonchev–Trinajstić information content (AvgIpc) is 2.70. The van der Waals surface area contributed by atoms with Gasteiger partial charge in [-0.1, -0.05) is 19.1 Å². The number of hydrogen-bond acceptors (Lipinski definition) is 8. The molecule has 0 bridgehead atoms. The van der Waals surface area contributed by atoms with Crippen LogP contribution in [-0.4, -0.2) is 39.8 Å². The molecule has 0 aliphatic heterocycles. The molecule has 1 aromatic carbocycles. The van der Waals surface area contributed by atoms with Crippen LogP contribution in [0, 0.1) is 5.92 Å². The molecule has 0 atom stereocenters. The van der Waals surface area contributed by atoms with Crippen molar-refractivity contribution in [3.05, 3.63) is 30.1 Å². The Morgan fingerprint density at radius 3 is 2.72 bits per heavy atom. The number of para-hydroxylation sites is 2. The van der Waals surface area contributed by atoms with Crippen molar-refractivity contribution in [2.75, 3.05) is 23.9 Å². The number of amides is 1. The SMILES string of the molecule is COc1ccccc1Nc1nc(N)nc(CSCC(=O)NC2CCC(C)CC2)n1. The quantitative estimate of drug-likeness (QED) is 0.601. The number of nitrogens with zero attached hydrogens (tertiary/aromatic N) is 3. The lowest BCUT2D eigenvalue weighted by Crippen LogP contribution is -2.38. The maximum absolute atomic E-state index is 12.2. The van der Waals surface area contributed by atoms with Crippen molar-refractivity contribution in [3.8, 4) is 5.75 Å². The molecule has 1 amide bonds. The van der Waals surface area contributed by atoms with Crippen LogP contribution in [0.25, 0.3) is 0 Å². The fourth-order valence-corrected chi connectivity index (χ4v) is 4.02. The summed E-state index contributed by atoms with van der Waals surface area (Å²) in [5.74, 6) is 3.35. The van der Waals surface area contributed by atoms with Gasteiger partial charge in [-0.2, -0.15) is 15.0 Å². The van der Waals surface area contributed by atoms with Gasteiger partial charge in [-0.25, -0.2) is 0 Å². The largest absolute Gasteiger partial charge is 0.495 e. The zero-order chi connectivity index (χ0) is 20.6. The van der Waals surface area contributed by atoms with Gasteiger partial charge in [0.05, 0.1) is 24.3 Å². The van der Waals surface area contributed by atoms with E-state index in [1.54, 1.807) is 7.11 Å². The first-order valence-corrected chi connectivity index (χ1v) is 11.0. The summed E-state index contributed by atoms with van der Waals surface area (Å²) in [7, 11) is 1.60. The van der Waals surface area contributed by atoms with E-state index in [-0.39, 0.29) is 11.9 Å². The number of methoxy groups -OCH3 is 1. The zero-order valence-electron chi connectivity index (χ0n) is 16.9. The van der Waals surface area contributed by atoms with Crippen LogP contribution >= 0.6 is 11.8 Å². The van der Waals surface area contributed by atoms with Gasteiger partial charge in [-0.05, 0) is 43.7 Å². The Morgan fingerprint density at radius 2 is 1.97 bits per heavy atom. The molecule has 156 valence electrons. The third kappa shape index (κ3) is 6.49. The number of nitrogens with two attached hydrogens (primary N) is 1. The van der Waals surface area contributed by atoms with E-state index in [2.05, 4.69) is 32.5 Å². The second kappa shape index (κ2) is 10.3. The van der Waals surface area contributed by atoms with Crippen LogP contribution in [0.2, 0.25) is 0 Å². The van der Waals surface area contributed by atoms with Gasteiger partial charge in [0, 0.05) is 6.04 Å².